The minimum Gasteiger partial charge on any atom is -0.344 e. The summed E-state index contributed by atoms with van der Waals surface area (Å²) in [4.78, 5) is 38.2. The van der Waals surface area contributed by atoms with Crippen LogP contribution in [0.15, 0.2) is 18.2 Å². The third-order valence-corrected chi connectivity index (χ3v) is 5.83. The zero-order valence-corrected chi connectivity index (χ0v) is 17.4. The van der Waals surface area contributed by atoms with E-state index in [1.807, 2.05) is 6.92 Å². The van der Waals surface area contributed by atoms with E-state index in [1.165, 1.54) is 16.7 Å². The lowest BCUT2D eigenvalue weighted by atomic mass is 10.1. The number of hydrogen-bond donors (Lipinski definition) is 2. The Kier molecular flexibility index (Phi) is 5.49. The van der Waals surface area contributed by atoms with Gasteiger partial charge in [0.1, 0.15) is 11.9 Å². The summed E-state index contributed by atoms with van der Waals surface area (Å²) in [5.41, 5.74) is 1.09. The first kappa shape index (κ1) is 21.2. The van der Waals surface area contributed by atoms with Crippen molar-refractivity contribution < 1.29 is 18.8 Å². The number of Topliss-reactive ketones (excluding diaryl/α,β-unsaturated/α-hetero) is 1. The van der Waals surface area contributed by atoms with Crippen molar-refractivity contribution in [2.45, 2.75) is 45.6 Å². The van der Waals surface area contributed by atoms with Crippen LogP contribution in [0.3, 0.4) is 0 Å². The van der Waals surface area contributed by atoms with Gasteiger partial charge in [-0.1, -0.05) is 6.92 Å². The highest BCUT2D eigenvalue weighted by atomic mass is 19.1. The molecule has 0 atom stereocenters. The van der Waals surface area contributed by atoms with Crippen LogP contribution in [-0.4, -0.2) is 27.7 Å². The number of aromatic nitrogens is 1. The minimum absolute atomic E-state index is 0.152. The first-order chi connectivity index (χ1) is 14.1. The van der Waals surface area contributed by atoms with Gasteiger partial charge in [-0.2, -0.15) is 5.26 Å². The third-order valence-electron chi connectivity index (χ3n) is 5.83. The highest BCUT2D eigenvalue weighted by molar-refractivity contribution is 6.43. The zero-order chi connectivity index (χ0) is 22.2. The molecular weight excluding hydrogens is 387 g/mol. The number of anilines is 1. The van der Waals surface area contributed by atoms with E-state index in [1.54, 1.807) is 27.0 Å². The molecule has 30 heavy (non-hydrogen) atoms. The first-order valence-corrected chi connectivity index (χ1v) is 9.68. The fraction of sp³-hybridized carbons (Fsp3) is 0.364. The Labute approximate surface area is 173 Å². The fourth-order valence-corrected chi connectivity index (χ4v) is 3.64. The summed E-state index contributed by atoms with van der Waals surface area (Å²) in [7, 11) is 1.62. The molecule has 1 heterocycles. The first-order valence-electron chi connectivity index (χ1n) is 9.68. The van der Waals surface area contributed by atoms with E-state index in [9.17, 15) is 18.8 Å². The summed E-state index contributed by atoms with van der Waals surface area (Å²) in [6.07, 6.45) is 2.46. The molecule has 0 bridgehead atoms. The van der Waals surface area contributed by atoms with E-state index in [0.717, 1.165) is 25.3 Å². The molecule has 156 valence electrons. The molecule has 1 aromatic heterocycles. The maximum atomic E-state index is 13.5. The monoisotopic (exact) mass is 410 g/mol. The van der Waals surface area contributed by atoms with Crippen molar-refractivity contribution >= 4 is 23.3 Å². The number of carbonyl (C=O) groups excluding carboxylic acids is 3. The molecule has 2 N–H and O–H groups in total. The molecule has 0 aliphatic heterocycles. The van der Waals surface area contributed by atoms with Gasteiger partial charge in [-0.15, -0.1) is 0 Å². The SMILES string of the molecule is CCC1(NC(=O)C(=O)c2c(C)c(C(=O)Nc3ccc(F)c(C#N)c3)c(C)n2C)CC1. The maximum Gasteiger partial charge on any atom is 0.294 e. The van der Waals surface area contributed by atoms with E-state index in [-0.39, 0.29) is 28.0 Å². The highest BCUT2D eigenvalue weighted by Gasteiger charge is 2.43. The summed E-state index contributed by atoms with van der Waals surface area (Å²) in [5.74, 6) is -2.56. The molecular formula is C22H23FN4O3. The van der Waals surface area contributed by atoms with Crippen LogP contribution in [0.4, 0.5) is 10.1 Å². The molecule has 2 amide bonds. The van der Waals surface area contributed by atoms with Crippen molar-refractivity contribution in [3.63, 3.8) is 0 Å². The molecule has 1 fully saturated rings. The second-order valence-corrected chi connectivity index (χ2v) is 7.67. The fourth-order valence-electron chi connectivity index (χ4n) is 3.64. The number of halogens is 1. The second-order valence-electron chi connectivity index (χ2n) is 7.67. The van der Waals surface area contributed by atoms with E-state index in [0.29, 0.717) is 11.3 Å². The van der Waals surface area contributed by atoms with E-state index in [2.05, 4.69) is 10.6 Å². The topological polar surface area (TPSA) is 104 Å². The van der Waals surface area contributed by atoms with Gasteiger partial charge in [-0.05, 0) is 56.9 Å². The van der Waals surface area contributed by atoms with E-state index >= 15 is 0 Å². The van der Waals surface area contributed by atoms with Crippen molar-refractivity contribution in [3.05, 3.63) is 52.1 Å². The summed E-state index contributed by atoms with van der Waals surface area (Å²) >= 11 is 0. The standard InChI is InChI=1S/C22H23FN4O3/c1-5-22(8-9-22)26-21(30)19(28)18-12(2)17(13(3)27(18)4)20(29)25-15-6-7-16(23)14(10-15)11-24/h6-7,10H,5,8-9H2,1-4H3,(H,25,29)(H,26,30). The van der Waals surface area contributed by atoms with Crippen molar-refractivity contribution in [3.8, 4) is 6.07 Å². The van der Waals surface area contributed by atoms with Gasteiger partial charge < -0.3 is 15.2 Å². The largest absolute Gasteiger partial charge is 0.344 e. The number of hydrogen-bond acceptors (Lipinski definition) is 4. The molecule has 1 saturated carbocycles. The van der Waals surface area contributed by atoms with Crippen LogP contribution >= 0.6 is 0 Å². The lowest BCUT2D eigenvalue weighted by molar-refractivity contribution is -0.118. The quantitative estimate of drug-likeness (QED) is 0.564. The molecule has 3 rings (SSSR count). The molecule has 1 aliphatic carbocycles. The van der Waals surface area contributed by atoms with Gasteiger partial charge in [0.2, 0.25) is 0 Å². The Morgan fingerprint density at radius 2 is 1.93 bits per heavy atom. The van der Waals surface area contributed by atoms with Crippen LogP contribution in [0.5, 0.6) is 0 Å². The molecule has 7 nitrogen and oxygen atoms in total. The van der Waals surface area contributed by atoms with Crippen LogP contribution < -0.4 is 10.6 Å². The molecule has 0 saturated heterocycles. The molecule has 1 aliphatic rings. The number of nitrogens with zero attached hydrogens (tertiary/aromatic N) is 2. The Bertz CT molecular complexity index is 1110. The third kappa shape index (κ3) is 3.71. The van der Waals surface area contributed by atoms with Crippen LogP contribution in [0, 0.1) is 31.0 Å². The number of carbonyl (C=O) groups is 3. The average Bonchev–Trinajstić information content (AvgIpc) is 3.44. The maximum absolute atomic E-state index is 13.5. The Morgan fingerprint density at radius 3 is 2.50 bits per heavy atom. The van der Waals surface area contributed by atoms with Crippen molar-refractivity contribution in [1.82, 2.24) is 9.88 Å². The van der Waals surface area contributed by atoms with Gasteiger partial charge in [0.05, 0.1) is 16.8 Å². The number of benzene rings is 1. The van der Waals surface area contributed by atoms with Crippen molar-refractivity contribution in [2.75, 3.05) is 5.32 Å². The second kappa shape index (κ2) is 7.75. The van der Waals surface area contributed by atoms with Crippen LogP contribution in [0.1, 0.15) is 63.9 Å². The number of nitrogens with one attached hydrogen (secondary N) is 2. The lowest BCUT2D eigenvalue weighted by Gasteiger charge is -2.14. The molecule has 0 spiro atoms. The predicted molar refractivity (Wildman–Crippen MR) is 109 cm³/mol. The molecule has 8 heteroatoms. The van der Waals surface area contributed by atoms with Gasteiger partial charge >= 0.3 is 0 Å². The van der Waals surface area contributed by atoms with Crippen LogP contribution in [0.25, 0.3) is 0 Å². The summed E-state index contributed by atoms with van der Waals surface area (Å²) < 4.78 is 15.0. The lowest BCUT2D eigenvalue weighted by Crippen LogP contribution is -2.41. The van der Waals surface area contributed by atoms with Gasteiger partial charge in [0.25, 0.3) is 17.6 Å². The smallest absolute Gasteiger partial charge is 0.294 e. The summed E-state index contributed by atoms with van der Waals surface area (Å²) in [6.45, 7) is 5.25. The van der Waals surface area contributed by atoms with Gasteiger partial charge in [-0.3, -0.25) is 14.4 Å². The highest BCUT2D eigenvalue weighted by Crippen LogP contribution is 2.38. The number of amides is 2. The van der Waals surface area contributed by atoms with Gasteiger partial charge in [-0.25, -0.2) is 4.39 Å². The van der Waals surface area contributed by atoms with E-state index < -0.39 is 23.4 Å². The van der Waals surface area contributed by atoms with Crippen LogP contribution in [0.2, 0.25) is 0 Å². The molecule has 1 aromatic carbocycles. The number of ketones is 1. The molecule has 0 radical (unpaired) electrons. The van der Waals surface area contributed by atoms with E-state index in [4.69, 9.17) is 5.26 Å². The predicted octanol–water partition coefficient (Wildman–Crippen LogP) is 3.15. The minimum atomic E-state index is -0.689. The number of nitriles is 1. The number of rotatable bonds is 6. The van der Waals surface area contributed by atoms with Gasteiger partial charge in [0.15, 0.2) is 0 Å². The van der Waals surface area contributed by atoms with Crippen LogP contribution in [-0.2, 0) is 11.8 Å². The Balaban J connectivity index is 1.88. The van der Waals surface area contributed by atoms with Crippen molar-refractivity contribution in [2.24, 2.45) is 7.05 Å². The summed E-state index contributed by atoms with van der Waals surface area (Å²) in [6, 6.07) is 5.40. The van der Waals surface area contributed by atoms with Crippen molar-refractivity contribution in [1.29, 1.82) is 5.26 Å². The van der Waals surface area contributed by atoms with Gasteiger partial charge in [0, 0.05) is 24.0 Å². The average molecular weight is 410 g/mol. The zero-order valence-electron chi connectivity index (χ0n) is 17.4. The Morgan fingerprint density at radius 1 is 1.27 bits per heavy atom. The summed E-state index contributed by atoms with van der Waals surface area (Å²) in [5, 5.41) is 14.4. The Hall–Kier alpha value is -3.47. The normalized spacial score (nSPS) is 14.0. The molecule has 0 unspecified atom stereocenters. The molecule has 2 aromatic rings.